The summed E-state index contributed by atoms with van der Waals surface area (Å²) >= 11 is 1.74. The highest BCUT2D eigenvalue weighted by molar-refractivity contribution is 7.21. The summed E-state index contributed by atoms with van der Waals surface area (Å²) in [5.41, 5.74) is 11.4. The highest BCUT2D eigenvalue weighted by Crippen LogP contribution is 2.48. The lowest BCUT2D eigenvalue weighted by Crippen LogP contribution is -2.19. The molecule has 0 spiro atoms. The minimum atomic E-state index is 0.861. The molecule has 0 bridgehead atoms. The molecule has 0 amide bonds. The number of hydrogen-bond donors (Lipinski definition) is 0. The average molecular weight is 521 g/mol. The number of anilines is 3. The van der Waals surface area contributed by atoms with Crippen LogP contribution in [0.5, 0.6) is 0 Å². The van der Waals surface area contributed by atoms with Gasteiger partial charge in [0, 0.05) is 17.7 Å². The van der Waals surface area contributed by atoms with Crippen molar-refractivity contribution in [1.29, 1.82) is 0 Å². The van der Waals surface area contributed by atoms with Crippen LogP contribution in [-0.4, -0.2) is 14.5 Å². The fourth-order valence-corrected chi connectivity index (χ4v) is 6.66. The summed E-state index contributed by atoms with van der Waals surface area (Å²) in [6.45, 7) is 2.18. The van der Waals surface area contributed by atoms with Crippen LogP contribution in [0, 0.1) is 0 Å². The van der Waals surface area contributed by atoms with Crippen LogP contribution in [0.4, 0.5) is 17.1 Å². The van der Waals surface area contributed by atoms with Gasteiger partial charge in [-0.05, 0) is 59.7 Å². The van der Waals surface area contributed by atoms with Crippen molar-refractivity contribution in [2.24, 2.45) is 0 Å². The minimum absolute atomic E-state index is 0.861. The van der Waals surface area contributed by atoms with Gasteiger partial charge in [0.2, 0.25) is 0 Å². The van der Waals surface area contributed by atoms with E-state index in [1.807, 2.05) is 6.07 Å². The molecule has 4 nitrogen and oxygen atoms in total. The predicted molar refractivity (Wildman–Crippen MR) is 163 cm³/mol. The zero-order valence-corrected chi connectivity index (χ0v) is 22.2. The maximum atomic E-state index is 5.03. The van der Waals surface area contributed by atoms with Crippen molar-refractivity contribution in [3.8, 4) is 27.4 Å². The van der Waals surface area contributed by atoms with Gasteiger partial charge in [0.05, 0.1) is 38.3 Å². The molecule has 0 N–H and O–H groups in total. The van der Waals surface area contributed by atoms with Crippen LogP contribution in [0.15, 0.2) is 115 Å². The van der Waals surface area contributed by atoms with E-state index in [0.29, 0.717) is 0 Å². The number of rotatable bonds is 4. The van der Waals surface area contributed by atoms with Gasteiger partial charge in [-0.2, -0.15) is 0 Å². The van der Waals surface area contributed by atoms with Crippen molar-refractivity contribution >= 4 is 49.6 Å². The average Bonchev–Trinajstić information content (AvgIpc) is 3.61. The Morgan fingerprint density at radius 2 is 1.36 bits per heavy atom. The van der Waals surface area contributed by atoms with Crippen molar-refractivity contribution in [3.05, 3.63) is 121 Å². The number of aryl methyl sites for hydroxylation is 1. The van der Waals surface area contributed by atoms with Crippen LogP contribution in [0.3, 0.4) is 0 Å². The summed E-state index contributed by atoms with van der Waals surface area (Å²) in [6, 6.07) is 40.9. The van der Waals surface area contributed by atoms with Gasteiger partial charge in [0.1, 0.15) is 10.8 Å². The molecular formula is C34H24N4S. The van der Waals surface area contributed by atoms with Crippen molar-refractivity contribution in [2.75, 3.05) is 4.90 Å². The third-order valence-electron chi connectivity index (χ3n) is 7.51. The van der Waals surface area contributed by atoms with Crippen LogP contribution >= 0.6 is 11.3 Å². The van der Waals surface area contributed by atoms with Gasteiger partial charge < -0.3 is 4.90 Å². The number of aromatic nitrogens is 3. The smallest absolute Gasteiger partial charge is 0.124 e. The molecule has 7 aromatic rings. The zero-order chi connectivity index (χ0) is 25.9. The summed E-state index contributed by atoms with van der Waals surface area (Å²) < 4.78 is 3.58. The molecule has 0 atom stereocenters. The minimum Gasteiger partial charge on any atom is -0.306 e. The Morgan fingerprint density at radius 1 is 0.615 bits per heavy atom. The van der Waals surface area contributed by atoms with E-state index in [4.69, 9.17) is 9.97 Å². The Hall–Kier alpha value is -4.74. The Labute approximate surface area is 230 Å². The summed E-state index contributed by atoms with van der Waals surface area (Å²) in [5.74, 6) is 1.08. The second-order valence-electron chi connectivity index (χ2n) is 9.80. The summed E-state index contributed by atoms with van der Waals surface area (Å²) in [4.78, 5) is 12.2. The number of benzene rings is 5. The molecule has 39 heavy (non-hydrogen) atoms. The monoisotopic (exact) mass is 520 g/mol. The van der Waals surface area contributed by atoms with Gasteiger partial charge in [-0.3, -0.25) is 4.57 Å². The molecule has 1 aliphatic heterocycles. The Morgan fingerprint density at radius 3 is 2.18 bits per heavy atom. The third-order valence-corrected chi connectivity index (χ3v) is 8.60. The lowest BCUT2D eigenvalue weighted by Gasteiger charge is -2.33. The quantitative estimate of drug-likeness (QED) is 0.232. The highest BCUT2D eigenvalue weighted by atomic mass is 32.1. The van der Waals surface area contributed by atoms with Crippen molar-refractivity contribution in [2.45, 2.75) is 13.3 Å². The predicted octanol–water partition coefficient (Wildman–Crippen LogP) is 9.31. The van der Waals surface area contributed by atoms with E-state index in [1.54, 1.807) is 11.3 Å². The van der Waals surface area contributed by atoms with E-state index in [2.05, 4.69) is 126 Å². The standard InChI is InChI=1S/C34H24N4S/c1-2-32-35-27-12-8-13-29-33(27)38(32)30-21-24(19-20-28(30)37(29)25-9-4-3-5-10-25)22-15-17-23(18-16-22)34-36-26-11-6-7-14-31(26)39-34/h3-21H,2H2,1H3. The van der Waals surface area contributed by atoms with E-state index in [-0.39, 0.29) is 0 Å². The topological polar surface area (TPSA) is 34.0 Å². The number of para-hydroxylation sites is 3. The number of thiazole rings is 1. The number of imidazole rings is 1. The first-order valence-corrected chi connectivity index (χ1v) is 14.1. The third kappa shape index (κ3) is 3.44. The fourth-order valence-electron chi connectivity index (χ4n) is 5.69. The normalized spacial score (nSPS) is 12.3. The van der Waals surface area contributed by atoms with Gasteiger partial charge in [0.15, 0.2) is 0 Å². The van der Waals surface area contributed by atoms with Crippen LogP contribution in [0.25, 0.3) is 48.6 Å². The Balaban J connectivity index is 1.28. The van der Waals surface area contributed by atoms with E-state index in [9.17, 15) is 0 Å². The van der Waals surface area contributed by atoms with Crippen LogP contribution in [-0.2, 0) is 6.42 Å². The largest absolute Gasteiger partial charge is 0.306 e. The molecule has 0 saturated heterocycles. The summed E-state index contributed by atoms with van der Waals surface area (Å²) in [7, 11) is 0. The molecule has 0 saturated carbocycles. The van der Waals surface area contributed by atoms with Crippen LogP contribution in [0.2, 0.25) is 0 Å². The summed E-state index contributed by atoms with van der Waals surface area (Å²) in [6.07, 6.45) is 0.861. The maximum absolute atomic E-state index is 5.03. The van der Waals surface area contributed by atoms with Crippen molar-refractivity contribution in [3.63, 3.8) is 0 Å². The molecular weight excluding hydrogens is 496 g/mol. The van der Waals surface area contributed by atoms with Gasteiger partial charge in [-0.25, -0.2) is 9.97 Å². The number of nitrogens with zero attached hydrogens (tertiary/aromatic N) is 4. The SMILES string of the molecule is CCc1nc2cccc3c2n1-c1cc(-c2ccc(-c4nc5ccccc5s4)cc2)ccc1N3c1ccccc1. The molecule has 2 aromatic heterocycles. The first kappa shape index (κ1) is 22.3. The maximum Gasteiger partial charge on any atom is 0.124 e. The second-order valence-corrected chi connectivity index (χ2v) is 10.8. The summed E-state index contributed by atoms with van der Waals surface area (Å²) in [5, 5.41) is 1.05. The van der Waals surface area contributed by atoms with Gasteiger partial charge >= 0.3 is 0 Å². The molecule has 3 heterocycles. The molecule has 8 rings (SSSR count). The van der Waals surface area contributed by atoms with Crippen molar-refractivity contribution in [1.82, 2.24) is 14.5 Å². The van der Waals surface area contributed by atoms with Crippen molar-refractivity contribution < 1.29 is 0 Å². The van der Waals surface area contributed by atoms with E-state index >= 15 is 0 Å². The van der Waals surface area contributed by atoms with Gasteiger partial charge in [-0.1, -0.05) is 73.7 Å². The molecule has 5 heteroatoms. The van der Waals surface area contributed by atoms with Gasteiger partial charge in [-0.15, -0.1) is 11.3 Å². The molecule has 0 fully saturated rings. The molecule has 1 aliphatic rings. The van der Waals surface area contributed by atoms with Crippen LogP contribution in [0.1, 0.15) is 12.7 Å². The van der Waals surface area contributed by atoms with E-state index < -0.39 is 0 Å². The number of fused-ring (bicyclic) bond motifs is 3. The lowest BCUT2D eigenvalue weighted by molar-refractivity contribution is 0.900. The zero-order valence-electron chi connectivity index (χ0n) is 21.4. The van der Waals surface area contributed by atoms with Crippen LogP contribution < -0.4 is 4.90 Å². The Kier molecular flexibility index (Phi) is 4.94. The highest BCUT2D eigenvalue weighted by Gasteiger charge is 2.28. The first-order valence-electron chi connectivity index (χ1n) is 13.2. The lowest BCUT2D eigenvalue weighted by atomic mass is 10.0. The van der Waals surface area contributed by atoms with Gasteiger partial charge in [0.25, 0.3) is 0 Å². The molecule has 0 aliphatic carbocycles. The molecule has 0 unspecified atom stereocenters. The van der Waals surface area contributed by atoms with E-state index in [1.165, 1.54) is 15.8 Å². The first-order chi connectivity index (χ1) is 19.3. The molecule has 0 radical (unpaired) electrons. The Bertz CT molecular complexity index is 1970. The van der Waals surface area contributed by atoms with E-state index in [0.717, 1.165) is 62.1 Å². The molecule has 186 valence electrons. The fraction of sp³-hybridized carbons (Fsp3) is 0.0588. The second kappa shape index (κ2) is 8.65. The molecule has 5 aromatic carbocycles. The number of hydrogen-bond acceptors (Lipinski definition) is 4.